The number of hydrogen-bond donors (Lipinski definition) is 2. The number of benzene rings is 3. The summed E-state index contributed by atoms with van der Waals surface area (Å²) >= 11 is 5.79. The van der Waals surface area contributed by atoms with E-state index in [9.17, 15) is 9.59 Å². The molecule has 6 nitrogen and oxygen atoms in total. The first-order valence-electron chi connectivity index (χ1n) is 8.99. The molecular weight excluding hydrogens is 390 g/mol. The van der Waals surface area contributed by atoms with Crippen molar-refractivity contribution in [3.05, 3.63) is 71.8 Å². The number of amides is 2. The molecule has 29 heavy (non-hydrogen) atoms. The average Bonchev–Trinajstić information content (AvgIpc) is 2.72. The minimum Gasteiger partial charge on any atom is -0.484 e. The van der Waals surface area contributed by atoms with Gasteiger partial charge in [-0.05, 0) is 42.6 Å². The van der Waals surface area contributed by atoms with Crippen LogP contribution in [0.4, 0.5) is 5.69 Å². The van der Waals surface area contributed by atoms with Crippen molar-refractivity contribution in [2.75, 3.05) is 11.9 Å². The zero-order chi connectivity index (χ0) is 20.6. The standard InChI is InChI=1S/C22H20ClN3O3/c1-15(25-26-22(28)14-29-18-11-9-17(23)10-12-18)13-21(27)24-20-8-4-6-16-5-2-3-7-19(16)20/h2-12H,13-14H2,1H3,(H,24,27)(H,26,28)/b25-15-. The summed E-state index contributed by atoms with van der Waals surface area (Å²) in [5.41, 5.74) is 3.59. The summed E-state index contributed by atoms with van der Waals surface area (Å²) in [4.78, 5) is 24.2. The lowest BCUT2D eigenvalue weighted by molar-refractivity contribution is -0.123. The van der Waals surface area contributed by atoms with E-state index in [0.29, 0.717) is 16.5 Å². The van der Waals surface area contributed by atoms with Gasteiger partial charge in [0.1, 0.15) is 5.75 Å². The van der Waals surface area contributed by atoms with Gasteiger partial charge < -0.3 is 10.1 Å². The van der Waals surface area contributed by atoms with Gasteiger partial charge in [0.2, 0.25) is 5.91 Å². The van der Waals surface area contributed by atoms with Crippen LogP contribution in [0.5, 0.6) is 5.75 Å². The van der Waals surface area contributed by atoms with Crippen LogP contribution in [0.15, 0.2) is 71.8 Å². The van der Waals surface area contributed by atoms with E-state index in [4.69, 9.17) is 16.3 Å². The Morgan fingerprint density at radius 1 is 0.966 bits per heavy atom. The molecule has 0 aliphatic heterocycles. The third-order valence-electron chi connectivity index (χ3n) is 4.04. The van der Waals surface area contributed by atoms with E-state index < -0.39 is 5.91 Å². The Bertz CT molecular complexity index is 1040. The van der Waals surface area contributed by atoms with Gasteiger partial charge in [0, 0.05) is 21.8 Å². The minimum atomic E-state index is -0.422. The zero-order valence-electron chi connectivity index (χ0n) is 15.8. The fourth-order valence-corrected chi connectivity index (χ4v) is 2.80. The molecule has 0 spiro atoms. The first kappa shape index (κ1) is 20.4. The molecule has 0 unspecified atom stereocenters. The highest BCUT2D eigenvalue weighted by atomic mass is 35.5. The molecule has 0 heterocycles. The van der Waals surface area contributed by atoms with Gasteiger partial charge in [-0.1, -0.05) is 48.0 Å². The van der Waals surface area contributed by atoms with Crippen molar-refractivity contribution in [3.8, 4) is 5.75 Å². The number of halogens is 1. The summed E-state index contributed by atoms with van der Waals surface area (Å²) in [6.45, 7) is 1.48. The van der Waals surface area contributed by atoms with Crippen molar-refractivity contribution in [3.63, 3.8) is 0 Å². The van der Waals surface area contributed by atoms with Crippen LogP contribution >= 0.6 is 11.6 Å². The zero-order valence-corrected chi connectivity index (χ0v) is 16.6. The maximum absolute atomic E-state index is 12.3. The lowest BCUT2D eigenvalue weighted by Gasteiger charge is -2.09. The van der Waals surface area contributed by atoms with E-state index in [1.54, 1.807) is 31.2 Å². The lowest BCUT2D eigenvalue weighted by Crippen LogP contribution is -2.26. The van der Waals surface area contributed by atoms with E-state index >= 15 is 0 Å². The normalized spacial score (nSPS) is 11.2. The van der Waals surface area contributed by atoms with Gasteiger partial charge in [0.25, 0.3) is 5.91 Å². The molecule has 0 saturated heterocycles. The second kappa shape index (κ2) is 9.71. The molecule has 2 amide bonds. The van der Waals surface area contributed by atoms with E-state index in [0.717, 1.165) is 16.5 Å². The van der Waals surface area contributed by atoms with E-state index in [1.807, 2.05) is 42.5 Å². The Morgan fingerprint density at radius 2 is 1.69 bits per heavy atom. The maximum atomic E-state index is 12.3. The van der Waals surface area contributed by atoms with Crippen LogP contribution in [0, 0.1) is 0 Å². The molecule has 2 N–H and O–H groups in total. The van der Waals surface area contributed by atoms with E-state index in [1.165, 1.54) is 0 Å². The SMILES string of the molecule is C/C(CC(=O)Nc1cccc2ccccc12)=N/NC(=O)COc1ccc(Cl)cc1. The first-order chi connectivity index (χ1) is 14.0. The topological polar surface area (TPSA) is 79.8 Å². The van der Waals surface area contributed by atoms with Crippen LogP contribution in [0.3, 0.4) is 0 Å². The molecule has 0 aliphatic carbocycles. The molecular formula is C22H20ClN3O3. The third kappa shape index (κ3) is 6.05. The van der Waals surface area contributed by atoms with Crippen LogP contribution in [-0.4, -0.2) is 24.1 Å². The predicted octanol–water partition coefficient (Wildman–Crippen LogP) is 4.39. The number of fused-ring (bicyclic) bond motifs is 1. The molecule has 0 saturated carbocycles. The van der Waals surface area contributed by atoms with Crippen molar-refractivity contribution in [1.29, 1.82) is 0 Å². The number of nitrogens with one attached hydrogen (secondary N) is 2. The summed E-state index contributed by atoms with van der Waals surface area (Å²) in [6, 6.07) is 20.2. The number of carbonyl (C=O) groups excluding carboxylic acids is 2. The summed E-state index contributed by atoms with van der Waals surface area (Å²) < 4.78 is 5.34. The molecule has 0 aliphatic rings. The predicted molar refractivity (Wildman–Crippen MR) is 115 cm³/mol. The van der Waals surface area contributed by atoms with Crippen molar-refractivity contribution >= 4 is 45.6 Å². The Morgan fingerprint density at radius 3 is 2.48 bits per heavy atom. The van der Waals surface area contributed by atoms with Crippen LogP contribution < -0.4 is 15.5 Å². The summed E-state index contributed by atoms with van der Waals surface area (Å²) in [7, 11) is 0. The molecule has 7 heteroatoms. The Hall–Kier alpha value is -3.38. The largest absolute Gasteiger partial charge is 0.484 e. The fourth-order valence-electron chi connectivity index (χ4n) is 2.67. The van der Waals surface area contributed by atoms with E-state index in [2.05, 4.69) is 15.8 Å². The molecule has 0 radical (unpaired) electrons. The maximum Gasteiger partial charge on any atom is 0.277 e. The molecule has 0 fully saturated rings. The number of ether oxygens (including phenoxy) is 1. The van der Waals surface area contributed by atoms with Crippen molar-refractivity contribution < 1.29 is 14.3 Å². The summed E-state index contributed by atoms with van der Waals surface area (Å²) in [6.07, 6.45) is 0.0571. The molecule has 0 bridgehead atoms. The van der Waals surface area contributed by atoms with Gasteiger partial charge in [-0.15, -0.1) is 0 Å². The highest BCUT2D eigenvalue weighted by molar-refractivity contribution is 6.30. The number of hydrazone groups is 1. The van der Waals surface area contributed by atoms with Crippen LogP contribution in [-0.2, 0) is 9.59 Å². The number of anilines is 1. The first-order valence-corrected chi connectivity index (χ1v) is 9.37. The lowest BCUT2D eigenvalue weighted by atomic mass is 10.1. The van der Waals surface area contributed by atoms with Crippen molar-refractivity contribution in [2.45, 2.75) is 13.3 Å². The van der Waals surface area contributed by atoms with Gasteiger partial charge in [-0.2, -0.15) is 5.10 Å². The van der Waals surface area contributed by atoms with Gasteiger partial charge in [0.05, 0.1) is 6.42 Å². The fraction of sp³-hybridized carbons (Fsp3) is 0.136. The highest BCUT2D eigenvalue weighted by Crippen LogP contribution is 2.23. The van der Waals surface area contributed by atoms with Crippen LogP contribution in [0.1, 0.15) is 13.3 Å². The number of nitrogens with zero attached hydrogens (tertiary/aromatic N) is 1. The van der Waals surface area contributed by atoms with E-state index in [-0.39, 0.29) is 18.9 Å². The smallest absolute Gasteiger partial charge is 0.277 e. The Balaban J connectivity index is 1.49. The third-order valence-corrected chi connectivity index (χ3v) is 4.29. The average molecular weight is 410 g/mol. The second-order valence-electron chi connectivity index (χ2n) is 6.38. The Labute approximate surface area is 173 Å². The minimum absolute atomic E-state index is 0.0571. The molecule has 3 aromatic rings. The summed E-state index contributed by atoms with van der Waals surface area (Å²) in [5, 5.41) is 9.43. The molecule has 148 valence electrons. The number of carbonyl (C=O) groups is 2. The molecule has 3 aromatic carbocycles. The highest BCUT2D eigenvalue weighted by Gasteiger charge is 2.08. The van der Waals surface area contributed by atoms with Crippen molar-refractivity contribution in [1.82, 2.24) is 5.43 Å². The molecule has 3 rings (SSSR count). The molecule has 0 atom stereocenters. The Kier molecular flexibility index (Phi) is 6.81. The van der Waals surface area contributed by atoms with Crippen molar-refractivity contribution in [2.24, 2.45) is 5.10 Å². The number of rotatable bonds is 7. The van der Waals surface area contributed by atoms with Crippen LogP contribution in [0.2, 0.25) is 5.02 Å². The molecule has 0 aromatic heterocycles. The van der Waals surface area contributed by atoms with Gasteiger partial charge >= 0.3 is 0 Å². The van der Waals surface area contributed by atoms with Gasteiger partial charge in [-0.3, -0.25) is 9.59 Å². The van der Waals surface area contributed by atoms with Crippen LogP contribution in [0.25, 0.3) is 10.8 Å². The number of hydrogen-bond acceptors (Lipinski definition) is 4. The second-order valence-corrected chi connectivity index (χ2v) is 6.81. The van der Waals surface area contributed by atoms with Gasteiger partial charge in [-0.25, -0.2) is 5.43 Å². The summed E-state index contributed by atoms with van der Waals surface area (Å²) in [5.74, 6) is -0.109. The monoisotopic (exact) mass is 409 g/mol. The van der Waals surface area contributed by atoms with Gasteiger partial charge in [0.15, 0.2) is 6.61 Å². The quantitative estimate of drug-likeness (QED) is 0.448.